The third-order valence-electron chi connectivity index (χ3n) is 27.5. The van der Waals surface area contributed by atoms with E-state index in [1.54, 1.807) is 44.9 Å². The van der Waals surface area contributed by atoms with E-state index in [0.29, 0.717) is 0 Å². The average molecular weight is 940 g/mol. The normalized spacial score (nSPS) is 49.6. The zero-order valence-electron chi connectivity index (χ0n) is 49.7. The molecule has 0 heteroatoms. The highest BCUT2D eigenvalue weighted by Gasteiger charge is 2.66. The molecule has 0 amide bonds. The third-order valence-corrected chi connectivity index (χ3v) is 27.5. The van der Waals surface area contributed by atoms with Crippen molar-refractivity contribution in [1.29, 1.82) is 0 Å². The lowest BCUT2D eigenvalue weighted by Crippen LogP contribution is -2.62. The standard InChI is InChI=1S/2C11H20.2C10H18.2C9H16.C8H14/c1-9(2)11-6-4-10(3,8-11)5-7-11;1-8(2)11-5-4-10(7-11)9(3)6-11;1-8(2)10-5-4-9(3,6-10)7-10;1-8(2)10-5-3-9(7-10)4-6-10;1-7(2)9-4-8(3,5-9)6-9;1-7(2)9-4-3-8(5-9)6-9;1-6(2)8-3-7(4-8)5-8/h9H,4-8H2,1-3H3;8-10H,4-7H2,1-3H3;8H,4-7H2,1-3H3;8-9H,3-7H2,1-2H3;7H,4-6H2,1-3H3;7-8H,3-6H2,1-2H3;6-7H,3-5H2,1-2H3. The van der Waals surface area contributed by atoms with Crippen LogP contribution in [-0.2, 0) is 0 Å². The van der Waals surface area contributed by atoms with Crippen molar-refractivity contribution in [3.8, 4) is 0 Å². The number of rotatable bonds is 7. The van der Waals surface area contributed by atoms with Crippen LogP contribution in [0.25, 0.3) is 0 Å². The average Bonchev–Trinajstić information content (AvgIpc) is 4.04. The smallest absolute Gasteiger partial charge is 0.0259 e. The lowest BCUT2D eigenvalue weighted by molar-refractivity contribution is -0.217. The SMILES string of the molecule is CC(C)C12CC(C)(C1)C2.CC(C)C12CC(C1)C2.CC(C)C12CCC(C)(C1)C2.CC(C)C12CCC(C)(CC1)C2.CC(C)C12CCC(C1)C2.CC(C)C12CCC(CC1)C2.CC1CC2(C(C)C)CCC1C2. The van der Waals surface area contributed by atoms with Crippen LogP contribution in [0.4, 0.5) is 0 Å². The van der Waals surface area contributed by atoms with Crippen molar-refractivity contribution in [3.05, 3.63) is 0 Å². The van der Waals surface area contributed by atoms with Crippen molar-refractivity contribution in [2.24, 2.45) is 125 Å². The zero-order valence-corrected chi connectivity index (χ0v) is 49.7. The van der Waals surface area contributed by atoms with Gasteiger partial charge < -0.3 is 0 Å². The van der Waals surface area contributed by atoms with Gasteiger partial charge in [0.25, 0.3) is 0 Å². The van der Waals surface area contributed by atoms with Crippen LogP contribution < -0.4 is 0 Å². The molecule has 0 radical (unpaired) electrons. The Morgan fingerprint density at radius 2 is 0.618 bits per heavy atom. The van der Waals surface area contributed by atoms with Crippen LogP contribution in [0.15, 0.2) is 0 Å². The van der Waals surface area contributed by atoms with Crippen molar-refractivity contribution < 1.29 is 0 Å². The molecule has 0 N–H and O–H groups in total. The van der Waals surface area contributed by atoms with E-state index in [1.165, 1.54) is 135 Å². The third kappa shape index (κ3) is 10.00. The van der Waals surface area contributed by atoms with Gasteiger partial charge in [0, 0.05) is 0 Å². The fraction of sp³-hybridized carbons (Fsp3) is 1.00. The van der Waals surface area contributed by atoms with Crippen LogP contribution in [0.3, 0.4) is 0 Å². The van der Waals surface area contributed by atoms with Crippen LogP contribution in [-0.4, -0.2) is 0 Å². The Hall–Kier alpha value is 0. The maximum Gasteiger partial charge on any atom is -0.0259 e. The van der Waals surface area contributed by atoms with Gasteiger partial charge in [0.15, 0.2) is 0 Å². The number of hydrogen-bond donors (Lipinski definition) is 0. The minimum absolute atomic E-state index is 0.754. The molecule has 0 aromatic carbocycles. The molecule has 18 fully saturated rings. The van der Waals surface area contributed by atoms with Gasteiger partial charge in [0.1, 0.15) is 0 Å². The van der Waals surface area contributed by atoms with Gasteiger partial charge in [-0.1, -0.05) is 125 Å². The van der Waals surface area contributed by atoms with E-state index in [-0.39, 0.29) is 0 Å². The molecule has 0 saturated heterocycles. The quantitative estimate of drug-likeness (QED) is 0.239. The second-order valence-corrected chi connectivity index (χ2v) is 33.7. The minimum Gasteiger partial charge on any atom is -0.0622 e. The molecule has 0 nitrogen and oxygen atoms in total. The Balaban J connectivity index is 0.000000107. The molecule has 3 unspecified atom stereocenters. The molecule has 3 atom stereocenters. The summed E-state index contributed by atoms with van der Waals surface area (Å²) in [6, 6.07) is 0. The van der Waals surface area contributed by atoms with E-state index in [2.05, 4.69) is 125 Å². The Labute approximate surface area is 427 Å². The van der Waals surface area contributed by atoms with Gasteiger partial charge in [-0.3, -0.25) is 0 Å². The fourth-order valence-electron chi connectivity index (χ4n) is 21.1. The Morgan fingerprint density at radius 3 is 0.794 bits per heavy atom. The van der Waals surface area contributed by atoms with Gasteiger partial charge in [0.2, 0.25) is 0 Å². The molecule has 18 rings (SSSR count). The van der Waals surface area contributed by atoms with Crippen LogP contribution in [0.5, 0.6) is 0 Å². The molecule has 14 bridgehead atoms. The highest BCUT2D eigenvalue weighted by Crippen LogP contribution is 2.76. The van der Waals surface area contributed by atoms with Crippen molar-refractivity contribution in [2.45, 2.75) is 304 Å². The summed E-state index contributed by atoms with van der Waals surface area (Å²) in [6.07, 6.45) is 42.9. The molecule has 0 aromatic heterocycles. The summed E-state index contributed by atoms with van der Waals surface area (Å²) < 4.78 is 0. The van der Waals surface area contributed by atoms with Crippen molar-refractivity contribution in [1.82, 2.24) is 0 Å². The predicted octanol–water partition coefficient (Wildman–Crippen LogP) is 21.6. The largest absolute Gasteiger partial charge is 0.0622 e. The summed E-state index contributed by atoms with van der Waals surface area (Å²) in [5, 5.41) is 0. The van der Waals surface area contributed by atoms with Crippen LogP contribution in [0.2, 0.25) is 0 Å². The summed E-state index contributed by atoms with van der Waals surface area (Å²) in [5.74, 6) is 12.2. The summed E-state index contributed by atoms with van der Waals surface area (Å²) in [5.41, 5.74) is 8.04. The minimum atomic E-state index is 0.754. The molecule has 18 aliphatic rings. The van der Waals surface area contributed by atoms with Gasteiger partial charge in [0.05, 0.1) is 0 Å². The van der Waals surface area contributed by atoms with E-state index in [1.807, 2.05) is 0 Å². The molecular formula is C68H122. The van der Waals surface area contributed by atoms with E-state index in [0.717, 1.165) is 125 Å². The van der Waals surface area contributed by atoms with E-state index in [9.17, 15) is 0 Å². The summed E-state index contributed by atoms with van der Waals surface area (Å²) in [4.78, 5) is 0. The molecule has 18 saturated carbocycles. The first-order valence-electron chi connectivity index (χ1n) is 31.5. The summed E-state index contributed by atoms with van der Waals surface area (Å²) in [7, 11) is 0. The zero-order chi connectivity index (χ0) is 49.7. The van der Waals surface area contributed by atoms with E-state index < -0.39 is 0 Å². The lowest BCUT2D eigenvalue weighted by atomic mass is 9.33. The van der Waals surface area contributed by atoms with Crippen LogP contribution in [0.1, 0.15) is 304 Å². The monoisotopic (exact) mass is 939 g/mol. The van der Waals surface area contributed by atoms with Gasteiger partial charge in [-0.2, -0.15) is 0 Å². The fourth-order valence-corrected chi connectivity index (χ4v) is 21.1. The van der Waals surface area contributed by atoms with Crippen molar-refractivity contribution >= 4 is 0 Å². The lowest BCUT2D eigenvalue weighted by Gasteiger charge is -2.72. The molecule has 394 valence electrons. The Morgan fingerprint density at radius 1 is 0.265 bits per heavy atom. The van der Waals surface area contributed by atoms with Gasteiger partial charge in [-0.05, 0) is 305 Å². The molecular weight excluding hydrogens is 817 g/mol. The number of hydrogen-bond acceptors (Lipinski definition) is 0. The highest BCUT2D eigenvalue weighted by molar-refractivity contribution is 5.16. The second kappa shape index (κ2) is 19.0. The van der Waals surface area contributed by atoms with Gasteiger partial charge in [-0.15, -0.1) is 0 Å². The Bertz CT molecular complexity index is 1610. The predicted molar refractivity (Wildman–Crippen MR) is 298 cm³/mol. The molecule has 0 aromatic rings. The second-order valence-electron chi connectivity index (χ2n) is 33.7. The topological polar surface area (TPSA) is 0 Å². The van der Waals surface area contributed by atoms with Gasteiger partial charge in [-0.25, -0.2) is 0 Å². The summed E-state index contributed by atoms with van der Waals surface area (Å²) >= 11 is 0. The maximum atomic E-state index is 2.49. The molecule has 18 aliphatic carbocycles. The first kappa shape index (κ1) is 54.3. The van der Waals surface area contributed by atoms with E-state index in [4.69, 9.17) is 0 Å². The van der Waals surface area contributed by atoms with Crippen LogP contribution in [0, 0.1) is 125 Å². The molecule has 0 spiro atoms. The van der Waals surface area contributed by atoms with E-state index >= 15 is 0 Å². The van der Waals surface area contributed by atoms with Crippen molar-refractivity contribution in [2.75, 3.05) is 0 Å². The summed E-state index contributed by atoms with van der Waals surface area (Å²) in [6.45, 7) is 43.4. The molecule has 68 heavy (non-hydrogen) atoms. The molecule has 0 heterocycles. The Kier molecular flexibility index (Phi) is 15.1. The number of fused-ring (bicyclic) bond motifs is 8. The van der Waals surface area contributed by atoms with Crippen LogP contribution >= 0.6 is 0 Å². The van der Waals surface area contributed by atoms with Crippen molar-refractivity contribution in [3.63, 3.8) is 0 Å². The maximum absolute atomic E-state index is 2.49. The first-order chi connectivity index (χ1) is 31.5. The molecule has 0 aliphatic heterocycles. The first-order valence-corrected chi connectivity index (χ1v) is 31.5. The van der Waals surface area contributed by atoms with Gasteiger partial charge >= 0.3 is 0 Å². The highest BCUT2D eigenvalue weighted by atomic mass is 14.7.